The van der Waals surface area contributed by atoms with Crippen LogP contribution in [0.2, 0.25) is 0 Å². The van der Waals surface area contributed by atoms with Gasteiger partial charge in [-0.05, 0) is 38.3 Å². The molecular formula is C25H31F3N4O3. The molecule has 2 N–H and O–H groups in total. The van der Waals surface area contributed by atoms with Crippen molar-refractivity contribution >= 4 is 11.8 Å². The molecule has 190 valence electrons. The highest BCUT2D eigenvalue weighted by Crippen LogP contribution is 2.28. The lowest BCUT2D eigenvalue weighted by molar-refractivity contribution is -0.128. The molecule has 1 unspecified atom stereocenters. The van der Waals surface area contributed by atoms with E-state index >= 15 is 0 Å². The van der Waals surface area contributed by atoms with Gasteiger partial charge < -0.3 is 15.2 Å². The molecule has 2 amide bonds. The average molecular weight is 493 g/mol. The molecule has 7 nitrogen and oxygen atoms in total. The lowest BCUT2D eigenvalue weighted by atomic mass is 9.86. The molecule has 10 heteroatoms. The number of halogens is 3. The first-order valence-corrected chi connectivity index (χ1v) is 12.2. The van der Waals surface area contributed by atoms with Gasteiger partial charge in [-0.2, -0.15) is 0 Å². The number of carbonyl (C=O) groups is 2. The van der Waals surface area contributed by atoms with E-state index in [1.54, 1.807) is 6.92 Å². The van der Waals surface area contributed by atoms with Gasteiger partial charge in [-0.25, -0.2) is 13.2 Å². The Balaban J connectivity index is 1.47. The van der Waals surface area contributed by atoms with E-state index in [0.717, 1.165) is 31.5 Å². The van der Waals surface area contributed by atoms with E-state index in [0.29, 0.717) is 19.0 Å². The molecule has 0 bridgehead atoms. The summed E-state index contributed by atoms with van der Waals surface area (Å²) < 4.78 is 45.4. The molecular weight excluding hydrogens is 461 g/mol. The van der Waals surface area contributed by atoms with E-state index in [4.69, 9.17) is 4.52 Å². The van der Waals surface area contributed by atoms with Gasteiger partial charge in [-0.1, -0.05) is 24.4 Å². The van der Waals surface area contributed by atoms with Crippen molar-refractivity contribution in [3.63, 3.8) is 0 Å². The predicted molar refractivity (Wildman–Crippen MR) is 123 cm³/mol. The average Bonchev–Trinajstić information content (AvgIpc) is 3.35. The van der Waals surface area contributed by atoms with E-state index in [1.807, 2.05) is 0 Å². The maximum atomic E-state index is 14.1. The number of aromatic nitrogens is 1. The van der Waals surface area contributed by atoms with Crippen LogP contribution in [0.15, 0.2) is 28.8 Å². The number of hydrogen-bond acceptors (Lipinski definition) is 5. The van der Waals surface area contributed by atoms with Crippen LogP contribution in [0.25, 0.3) is 11.3 Å². The Morgan fingerprint density at radius 1 is 1.17 bits per heavy atom. The normalized spacial score (nSPS) is 22.5. The number of benzene rings is 1. The van der Waals surface area contributed by atoms with Crippen LogP contribution in [-0.2, 0) is 4.79 Å². The van der Waals surface area contributed by atoms with Gasteiger partial charge in [0.25, 0.3) is 5.91 Å². The molecule has 2 aliphatic rings. The molecule has 2 heterocycles. The molecule has 2 fully saturated rings. The van der Waals surface area contributed by atoms with Crippen molar-refractivity contribution in [3.05, 3.63) is 41.6 Å². The fourth-order valence-electron chi connectivity index (χ4n) is 5.02. The highest BCUT2D eigenvalue weighted by Gasteiger charge is 2.38. The number of amides is 2. The largest absolute Gasteiger partial charge is 0.355 e. The second-order valence-electron chi connectivity index (χ2n) is 9.53. The van der Waals surface area contributed by atoms with Crippen LogP contribution >= 0.6 is 0 Å². The van der Waals surface area contributed by atoms with Gasteiger partial charge in [-0.15, -0.1) is 0 Å². The molecule has 1 aromatic carbocycles. The van der Waals surface area contributed by atoms with Crippen molar-refractivity contribution in [2.24, 2.45) is 5.92 Å². The third-order valence-electron chi connectivity index (χ3n) is 6.95. The number of nitrogens with zero attached hydrogens (tertiary/aromatic N) is 2. The van der Waals surface area contributed by atoms with Crippen LogP contribution in [0.4, 0.5) is 13.2 Å². The zero-order valence-corrected chi connectivity index (χ0v) is 19.7. The number of piperidine rings is 1. The summed E-state index contributed by atoms with van der Waals surface area (Å²) in [5, 5.41) is 9.31. The molecule has 1 aromatic heterocycles. The van der Waals surface area contributed by atoms with Gasteiger partial charge in [0.2, 0.25) is 5.91 Å². The van der Waals surface area contributed by atoms with Crippen LogP contribution in [0.3, 0.4) is 0 Å². The van der Waals surface area contributed by atoms with Crippen molar-refractivity contribution in [1.29, 1.82) is 0 Å². The fourth-order valence-corrected chi connectivity index (χ4v) is 5.02. The molecule has 4 rings (SSSR count). The van der Waals surface area contributed by atoms with Crippen LogP contribution in [0, 0.1) is 17.6 Å². The summed E-state index contributed by atoms with van der Waals surface area (Å²) in [7, 11) is 0. The minimum atomic E-state index is -0.832. The number of alkyl halides is 1. The van der Waals surface area contributed by atoms with Crippen molar-refractivity contribution in [2.75, 3.05) is 19.8 Å². The number of carbonyl (C=O) groups excluding carboxylic acids is 2. The van der Waals surface area contributed by atoms with Crippen molar-refractivity contribution in [1.82, 2.24) is 20.7 Å². The first-order valence-electron chi connectivity index (χ1n) is 12.2. The van der Waals surface area contributed by atoms with Crippen LogP contribution < -0.4 is 10.6 Å². The SMILES string of the molecule is CC(CF)NC(=O)[C@@H]1CN(C2CCCCC2)CC[C@H]1NC(=O)c1cc(-c2ccc(F)cc2F)on1. The molecule has 35 heavy (non-hydrogen) atoms. The maximum Gasteiger partial charge on any atom is 0.273 e. The highest BCUT2D eigenvalue weighted by molar-refractivity contribution is 5.94. The summed E-state index contributed by atoms with van der Waals surface area (Å²) in [4.78, 5) is 28.3. The van der Waals surface area contributed by atoms with Gasteiger partial charge in [0.15, 0.2) is 11.5 Å². The Morgan fingerprint density at radius 3 is 2.66 bits per heavy atom. The molecule has 0 radical (unpaired) electrons. The summed E-state index contributed by atoms with van der Waals surface area (Å²) in [5.41, 5.74) is -0.0917. The zero-order valence-electron chi connectivity index (χ0n) is 19.7. The first kappa shape index (κ1) is 25.2. The summed E-state index contributed by atoms with van der Waals surface area (Å²) in [6, 6.07) is 3.62. The van der Waals surface area contributed by atoms with Gasteiger partial charge in [0.05, 0.1) is 17.5 Å². The Labute approximate surface area is 202 Å². The predicted octanol–water partition coefficient (Wildman–Crippen LogP) is 3.85. The summed E-state index contributed by atoms with van der Waals surface area (Å²) in [6.45, 7) is 2.14. The van der Waals surface area contributed by atoms with Crippen molar-refractivity contribution in [2.45, 2.75) is 63.6 Å². The molecule has 1 aliphatic carbocycles. The number of rotatable bonds is 7. The standard InChI is InChI=1S/C25H31F3N4O3/c1-15(13-26)29-24(33)19-14-32(17-5-3-2-4-6-17)10-9-21(19)30-25(34)22-12-23(35-31-22)18-8-7-16(27)11-20(18)28/h7-8,11-12,15,17,19,21H,2-6,9-10,13-14H2,1H3,(H,29,33)(H,30,34)/t15?,19-,21-/m1/s1. The third-order valence-corrected chi connectivity index (χ3v) is 6.95. The second kappa shape index (κ2) is 11.2. The molecule has 1 aliphatic heterocycles. The Bertz CT molecular complexity index is 1040. The number of hydrogen-bond donors (Lipinski definition) is 2. The van der Waals surface area contributed by atoms with Crippen LogP contribution in [-0.4, -0.2) is 59.8 Å². The topological polar surface area (TPSA) is 87.5 Å². The quantitative estimate of drug-likeness (QED) is 0.613. The molecule has 0 spiro atoms. The number of nitrogens with one attached hydrogen (secondary N) is 2. The summed E-state index contributed by atoms with van der Waals surface area (Å²) >= 11 is 0. The first-order chi connectivity index (χ1) is 16.9. The minimum Gasteiger partial charge on any atom is -0.355 e. The minimum absolute atomic E-state index is 0.00849. The lowest BCUT2D eigenvalue weighted by Crippen LogP contribution is -2.58. The molecule has 1 saturated heterocycles. The van der Waals surface area contributed by atoms with Gasteiger partial charge in [0.1, 0.15) is 18.3 Å². The molecule has 2 aromatic rings. The molecule has 3 atom stereocenters. The van der Waals surface area contributed by atoms with E-state index in [2.05, 4.69) is 20.7 Å². The van der Waals surface area contributed by atoms with Gasteiger partial charge >= 0.3 is 0 Å². The van der Waals surface area contributed by atoms with Crippen LogP contribution in [0.1, 0.15) is 55.9 Å². The summed E-state index contributed by atoms with van der Waals surface area (Å²) in [6.07, 6.45) is 6.30. The van der Waals surface area contributed by atoms with E-state index in [9.17, 15) is 22.8 Å². The Hall–Kier alpha value is -2.88. The van der Waals surface area contributed by atoms with Crippen molar-refractivity contribution in [3.8, 4) is 11.3 Å². The second-order valence-corrected chi connectivity index (χ2v) is 9.53. The van der Waals surface area contributed by atoms with E-state index in [1.165, 1.54) is 31.4 Å². The molecule has 1 saturated carbocycles. The van der Waals surface area contributed by atoms with E-state index in [-0.39, 0.29) is 22.9 Å². The summed E-state index contributed by atoms with van der Waals surface area (Å²) in [5.74, 6) is -2.97. The van der Waals surface area contributed by atoms with Gasteiger partial charge in [-0.3, -0.25) is 14.5 Å². The van der Waals surface area contributed by atoms with Gasteiger partial charge in [0, 0.05) is 37.3 Å². The number of likely N-dealkylation sites (tertiary alicyclic amines) is 1. The highest BCUT2D eigenvalue weighted by atomic mass is 19.1. The lowest BCUT2D eigenvalue weighted by Gasteiger charge is -2.43. The monoisotopic (exact) mass is 492 g/mol. The van der Waals surface area contributed by atoms with E-state index < -0.39 is 42.2 Å². The zero-order chi connectivity index (χ0) is 24.9. The Kier molecular flexibility index (Phi) is 8.10. The fraction of sp³-hybridized carbons (Fsp3) is 0.560. The maximum absolute atomic E-state index is 14.1. The smallest absolute Gasteiger partial charge is 0.273 e. The Morgan fingerprint density at radius 2 is 1.94 bits per heavy atom. The third kappa shape index (κ3) is 6.04. The van der Waals surface area contributed by atoms with Crippen LogP contribution in [0.5, 0.6) is 0 Å². The van der Waals surface area contributed by atoms with Crippen molar-refractivity contribution < 1.29 is 27.3 Å².